The molecule has 2 aromatic rings. The monoisotopic (exact) mass is 242 g/mol. The Kier molecular flexibility index (Phi) is 3.55. The molecular formula is C16H22N2. The van der Waals surface area contributed by atoms with Gasteiger partial charge in [0.2, 0.25) is 0 Å². The number of aryl methyl sites for hydroxylation is 2. The van der Waals surface area contributed by atoms with Gasteiger partial charge in [0.1, 0.15) is 0 Å². The van der Waals surface area contributed by atoms with E-state index in [4.69, 9.17) is 4.98 Å². The van der Waals surface area contributed by atoms with Crippen LogP contribution in [-0.4, -0.2) is 12.0 Å². The van der Waals surface area contributed by atoms with Crippen LogP contribution in [0.15, 0.2) is 18.2 Å². The standard InChI is InChI=1S/C16H22N2/c1-10(2)6-13-9-14(17-5)16-12(4)7-11(3)8-15(16)18-13/h7-10H,6H2,1-5H3,(H,17,18). The van der Waals surface area contributed by atoms with Crippen LogP contribution in [0.5, 0.6) is 0 Å². The van der Waals surface area contributed by atoms with Gasteiger partial charge in [-0.25, -0.2) is 0 Å². The zero-order chi connectivity index (χ0) is 13.3. The number of pyridine rings is 1. The minimum atomic E-state index is 0.630. The first-order valence-electron chi connectivity index (χ1n) is 6.60. The minimum absolute atomic E-state index is 0.630. The van der Waals surface area contributed by atoms with Crippen molar-refractivity contribution in [2.75, 3.05) is 12.4 Å². The molecule has 2 rings (SSSR count). The molecule has 0 radical (unpaired) electrons. The van der Waals surface area contributed by atoms with Gasteiger partial charge in [-0.05, 0) is 49.4 Å². The second-order valence-electron chi connectivity index (χ2n) is 5.49. The van der Waals surface area contributed by atoms with Crippen LogP contribution in [0.25, 0.3) is 10.9 Å². The SMILES string of the molecule is CNc1cc(CC(C)C)nc2cc(C)cc(C)c12. The number of hydrogen-bond acceptors (Lipinski definition) is 2. The van der Waals surface area contributed by atoms with E-state index in [1.165, 1.54) is 27.9 Å². The number of nitrogens with zero attached hydrogens (tertiary/aromatic N) is 1. The molecule has 0 aliphatic carbocycles. The van der Waals surface area contributed by atoms with Crippen LogP contribution in [0.3, 0.4) is 0 Å². The molecule has 1 heterocycles. The molecule has 96 valence electrons. The van der Waals surface area contributed by atoms with Crippen molar-refractivity contribution in [2.45, 2.75) is 34.1 Å². The lowest BCUT2D eigenvalue weighted by Crippen LogP contribution is -2.01. The van der Waals surface area contributed by atoms with Gasteiger partial charge in [0.25, 0.3) is 0 Å². The van der Waals surface area contributed by atoms with E-state index in [9.17, 15) is 0 Å². The third-order valence-electron chi connectivity index (χ3n) is 3.19. The Labute approximate surface area is 109 Å². The second kappa shape index (κ2) is 4.97. The predicted molar refractivity (Wildman–Crippen MR) is 79.3 cm³/mol. The summed E-state index contributed by atoms with van der Waals surface area (Å²) in [5.41, 5.74) is 6.03. The summed E-state index contributed by atoms with van der Waals surface area (Å²) < 4.78 is 0. The summed E-state index contributed by atoms with van der Waals surface area (Å²) in [5.74, 6) is 0.630. The lowest BCUT2D eigenvalue weighted by Gasteiger charge is -2.13. The Hall–Kier alpha value is -1.57. The molecule has 0 saturated carbocycles. The van der Waals surface area contributed by atoms with Crippen molar-refractivity contribution in [1.82, 2.24) is 4.98 Å². The lowest BCUT2D eigenvalue weighted by atomic mass is 10.0. The molecule has 0 amide bonds. The molecule has 1 N–H and O–H groups in total. The Bertz CT molecular complexity index is 571. The quantitative estimate of drug-likeness (QED) is 0.876. The van der Waals surface area contributed by atoms with E-state index < -0.39 is 0 Å². The smallest absolute Gasteiger partial charge is 0.0731 e. The van der Waals surface area contributed by atoms with Gasteiger partial charge in [-0.1, -0.05) is 19.9 Å². The van der Waals surface area contributed by atoms with Gasteiger partial charge in [-0.3, -0.25) is 4.98 Å². The molecule has 0 saturated heterocycles. The van der Waals surface area contributed by atoms with Crippen LogP contribution in [0.4, 0.5) is 5.69 Å². The number of fused-ring (bicyclic) bond motifs is 1. The van der Waals surface area contributed by atoms with Gasteiger partial charge >= 0.3 is 0 Å². The van der Waals surface area contributed by atoms with Crippen molar-refractivity contribution in [3.63, 3.8) is 0 Å². The van der Waals surface area contributed by atoms with Gasteiger partial charge in [-0.15, -0.1) is 0 Å². The fraction of sp³-hybridized carbons (Fsp3) is 0.438. The Morgan fingerprint density at radius 1 is 1.17 bits per heavy atom. The summed E-state index contributed by atoms with van der Waals surface area (Å²) in [7, 11) is 1.98. The number of nitrogens with one attached hydrogen (secondary N) is 1. The first kappa shape index (κ1) is 12.9. The molecular weight excluding hydrogens is 220 g/mol. The molecule has 0 unspecified atom stereocenters. The molecule has 2 nitrogen and oxygen atoms in total. The van der Waals surface area contributed by atoms with Crippen LogP contribution in [0, 0.1) is 19.8 Å². The molecule has 0 bridgehead atoms. The molecule has 0 spiro atoms. The van der Waals surface area contributed by atoms with Crippen molar-refractivity contribution in [1.29, 1.82) is 0 Å². The van der Waals surface area contributed by atoms with Crippen LogP contribution in [0.2, 0.25) is 0 Å². The highest BCUT2D eigenvalue weighted by Crippen LogP contribution is 2.28. The second-order valence-corrected chi connectivity index (χ2v) is 5.49. The number of anilines is 1. The fourth-order valence-corrected chi connectivity index (χ4v) is 2.53. The van der Waals surface area contributed by atoms with Crippen LogP contribution in [-0.2, 0) is 6.42 Å². The van der Waals surface area contributed by atoms with Crippen molar-refractivity contribution < 1.29 is 0 Å². The summed E-state index contributed by atoms with van der Waals surface area (Å²) >= 11 is 0. The highest BCUT2D eigenvalue weighted by atomic mass is 14.8. The number of benzene rings is 1. The molecule has 18 heavy (non-hydrogen) atoms. The average molecular weight is 242 g/mol. The lowest BCUT2D eigenvalue weighted by molar-refractivity contribution is 0.637. The Balaban J connectivity index is 2.67. The largest absolute Gasteiger partial charge is 0.388 e. The maximum absolute atomic E-state index is 4.81. The summed E-state index contributed by atoms with van der Waals surface area (Å²) in [5, 5.41) is 4.55. The molecule has 0 aliphatic heterocycles. The third-order valence-corrected chi connectivity index (χ3v) is 3.19. The van der Waals surface area contributed by atoms with E-state index in [2.05, 4.69) is 51.2 Å². The van der Waals surface area contributed by atoms with Gasteiger partial charge in [-0.2, -0.15) is 0 Å². The van der Waals surface area contributed by atoms with E-state index in [0.29, 0.717) is 5.92 Å². The maximum Gasteiger partial charge on any atom is 0.0731 e. The van der Waals surface area contributed by atoms with E-state index in [0.717, 1.165) is 11.9 Å². The van der Waals surface area contributed by atoms with E-state index >= 15 is 0 Å². The first-order valence-corrected chi connectivity index (χ1v) is 6.60. The number of aromatic nitrogens is 1. The summed E-state index contributed by atoms with van der Waals surface area (Å²) in [6.45, 7) is 8.74. The molecule has 0 atom stereocenters. The minimum Gasteiger partial charge on any atom is -0.388 e. The normalized spacial score (nSPS) is 11.2. The zero-order valence-electron chi connectivity index (χ0n) is 12.0. The van der Waals surface area contributed by atoms with E-state index in [1.807, 2.05) is 7.05 Å². The van der Waals surface area contributed by atoms with Crippen LogP contribution in [0.1, 0.15) is 30.7 Å². The van der Waals surface area contributed by atoms with Crippen molar-refractivity contribution >= 4 is 16.6 Å². The summed E-state index contributed by atoms with van der Waals surface area (Å²) in [6, 6.07) is 6.57. The Morgan fingerprint density at radius 2 is 1.89 bits per heavy atom. The molecule has 0 aliphatic rings. The van der Waals surface area contributed by atoms with Gasteiger partial charge in [0, 0.05) is 23.8 Å². The highest BCUT2D eigenvalue weighted by molar-refractivity contribution is 5.94. The maximum atomic E-state index is 4.81. The molecule has 1 aromatic carbocycles. The summed E-state index contributed by atoms with van der Waals surface area (Å²) in [6.07, 6.45) is 1.03. The number of hydrogen-bond donors (Lipinski definition) is 1. The van der Waals surface area contributed by atoms with Gasteiger partial charge in [0.05, 0.1) is 5.52 Å². The van der Waals surface area contributed by atoms with Crippen molar-refractivity contribution in [3.05, 3.63) is 35.0 Å². The molecule has 0 fully saturated rings. The van der Waals surface area contributed by atoms with Gasteiger partial charge < -0.3 is 5.32 Å². The Morgan fingerprint density at radius 3 is 2.50 bits per heavy atom. The molecule has 2 heteroatoms. The van der Waals surface area contributed by atoms with Crippen molar-refractivity contribution in [2.24, 2.45) is 5.92 Å². The van der Waals surface area contributed by atoms with E-state index in [-0.39, 0.29) is 0 Å². The average Bonchev–Trinajstić information content (AvgIpc) is 2.25. The van der Waals surface area contributed by atoms with E-state index in [1.54, 1.807) is 0 Å². The van der Waals surface area contributed by atoms with Crippen LogP contribution < -0.4 is 5.32 Å². The highest BCUT2D eigenvalue weighted by Gasteiger charge is 2.09. The van der Waals surface area contributed by atoms with Gasteiger partial charge in [0.15, 0.2) is 0 Å². The van der Waals surface area contributed by atoms with Crippen molar-refractivity contribution in [3.8, 4) is 0 Å². The first-order chi connectivity index (χ1) is 8.51. The summed E-state index contributed by atoms with van der Waals surface area (Å²) in [4.78, 5) is 4.81. The predicted octanol–water partition coefficient (Wildman–Crippen LogP) is 4.09. The third kappa shape index (κ3) is 2.47. The fourth-order valence-electron chi connectivity index (χ4n) is 2.53. The zero-order valence-corrected chi connectivity index (χ0v) is 12.0. The number of rotatable bonds is 3. The van der Waals surface area contributed by atoms with Crippen LogP contribution >= 0.6 is 0 Å². The molecule has 1 aromatic heterocycles. The topological polar surface area (TPSA) is 24.9 Å².